The molecule has 0 saturated heterocycles. The SMILES string of the molecule is COc1ccc(NS(=O)(=O)c2ccc(NC(=O)[C@H](C)Oc3ccc(C)cc3)cc2)c(OC)c1. The summed E-state index contributed by atoms with van der Waals surface area (Å²) < 4.78 is 44.1. The predicted octanol–water partition coefficient (Wildman–Crippen LogP) is 4.22. The maximum Gasteiger partial charge on any atom is 0.265 e. The van der Waals surface area contributed by atoms with Crippen molar-refractivity contribution in [1.29, 1.82) is 0 Å². The Labute approximate surface area is 193 Å². The van der Waals surface area contributed by atoms with E-state index in [0.717, 1.165) is 5.56 Å². The van der Waals surface area contributed by atoms with E-state index in [-0.39, 0.29) is 16.5 Å². The van der Waals surface area contributed by atoms with E-state index in [1.165, 1.54) is 38.5 Å². The lowest BCUT2D eigenvalue weighted by atomic mass is 10.2. The number of benzene rings is 3. The molecular weight excluding hydrogens is 444 g/mol. The van der Waals surface area contributed by atoms with Gasteiger partial charge >= 0.3 is 0 Å². The van der Waals surface area contributed by atoms with E-state index in [0.29, 0.717) is 22.9 Å². The Balaban J connectivity index is 1.66. The fourth-order valence-electron chi connectivity index (χ4n) is 2.92. The number of rotatable bonds is 9. The Kier molecular flexibility index (Phi) is 7.44. The fourth-order valence-corrected chi connectivity index (χ4v) is 3.99. The van der Waals surface area contributed by atoms with Crippen LogP contribution in [0.4, 0.5) is 11.4 Å². The van der Waals surface area contributed by atoms with Gasteiger partial charge in [-0.2, -0.15) is 0 Å². The zero-order valence-corrected chi connectivity index (χ0v) is 19.6. The molecule has 0 aliphatic carbocycles. The third-order valence-electron chi connectivity index (χ3n) is 4.79. The summed E-state index contributed by atoms with van der Waals surface area (Å²) in [6.45, 7) is 3.60. The number of ether oxygens (including phenoxy) is 3. The van der Waals surface area contributed by atoms with Crippen molar-refractivity contribution in [2.45, 2.75) is 24.8 Å². The quantitative estimate of drug-likeness (QED) is 0.485. The molecule has 9 heteroatoms. The second-order valence-corrected chi connectivity index (χ2v) is 8.94. The zero-order chi connectivity index (χ0) is 24.0. The molecule has 0 aliphatic heterocycles. The number of sulfonamides is 1. The standard InChI is InChI=1S/C24H26N2O6S/c1-16-5-9-19(10-6-16)32-17(2)24(27)25-18-7-12-21(13-8-18)33(28,29)26-22-14-11-20(30-3)15-23(22)31-4/h5-15,17,26H,1-4H3,(H,25,27)/t17-/m0/s1. The number of nitrogens with one attached hydrogen (secondary N) is 2. The van der Waals surface area contributed by atoms with Gasteiger partial charge in [-0.3, -0.25) is 9.52 Å². The Bertz CT molecular complexity index is 1210. The highest BCUT2D eigenvalue weighted by molar-refractivity contribution is 7.92. The summed E-state index contributed by atoms with van der Waals surface area (Å²) in [6.07, 6.45) is -0.736. The number of anilines is 2. The van der Waals surface area contributed by atoms with Crippen LogP contribution in [0.25, 0.3) is 0 Å². The molecule has 0 spiro atoms. The van der Waals surface area contributed by atoms with E-state index in [1.54, 1.807) is 37.3 Å². The normalized spacial score (nSPS) is 11.9. The first-order chi connectivity index (χ1) is 15.7. The number of amides is 1. The Morgan fingerprint density at radius 2 is 1.52 bits per heavy atom. The predicted molar refractivity (Wildman–Crippen MR) is 127 cm³/mol. The topological polar surface area (TPSA) is 103 Å². The van der Waals surface area contributed by atoms with E-state index < -0.39 is 16.1 Å². The van der Waals surface area contributed by atoms with Gasteiger partial charge in [-0.05, 0) is 62.4 Å². The molecule has 0 radical (unpaired) electrons. The molecule has 2 N–H and O–H groups in total. The minimum absolute atomic E-state index is 0.0299. The van der Waals surface area contributed by atoms with Crippen LogP contribution in [0.3, 0.4) is 0 Å². The molecule has 0 aromatic heterocycles. The smallest absolute Gasteiger partial charge is 0.265 e. The second kappa shape index (κ2) is 10.3. The van der Waals surface area contributed by atoms with Gasteiger partial charge in [0.15, 0.2) is 6.10 Å². The Morgan fingerprint density at radius 1 is 0.879 bits per heavy atom. The maximum atomic E-state index is 12.8. The third kappa shape index (κ3) is 6.17. The summed E-state index contributed by atoms with van der Waals surface area (Å²) in [5.74, 6) is 1.09. The van der Waals surface area contributed by atoms with Gasteiger partial charge in [-0.25, -0.2) is 8.42 Å². The number of hydrogen-bond donors (Lipinski definition) is 2. The van der Waals surface area contributed by atoms with Crippen LogP contribution in [0, 0.1) is 6.92 Å². The van der Waals surface area contributed by atoms with Gasteiger partial charge < -0.3 is 19.5 Å². The Hall–Kier alpha value is -3.72. The molecule has 174 valence electrons. The van der Waals surface area contributed by atoms with Gasteiger partial charge in [0.05, 0.1) is 24.8 Å². The summed E-state index contributed by atoms with van der Waals surface area (Å²) in [5.41, 5.74) is 1.81. The summed E-state index contributed by atoms with van der Waals surface area (Å²) >= 11 is 0. The molecule has 0 bridgehead atoms. The first-order valence-electron chi connectivity index (χ1n) is 10.1. The lowest BCUT2D eigenvalue weighted by molar-refractivity contribution is -0.122. The minimum atomic E-state index is -3.88. The van der Waals surface area contributed by atoms with Gasteiger partial charge in [0.1, 0.15) is 17.2 Å². The highest BCUT2D eigenvalue weighted by Gasteiger charge is 2.18. The molecule has 3 aromatic rings. The van der Waals surface area contributed by atoms with Crippen LogP contribution >= 0.6 is 0 Å². The van der Waals surface area contributed by atoms with Gasteiger partial charge in [0.25, 0.3) is 15.9 Å². The molecule has 3 rings (SSSR count). The monoisotopic (exact) mass is 470 g/mol. The van der Waals surface area contributed by atoms with Gasteiger partial charge in [-0.15, -0.1) is 0 Å². The number of aryl methyl sites for hydroxylation is 1. The summed E-state index contributed by atoms with van der Waals surface area (Å²) in [6, 6.07) is 18.0. The fraction of sp³-hybridized carbons (Fsp3) is 0.208. The third-order valence-corrected chi connectivity index (χ3v) is 6.17. The second-order valence-electron chi connectivity index (χ2n) is 7.26. The van der Waals surface area contributed by atoms with Gasteiger partial charge in [0.2, 0.25) is 0 Å². The van der Waals surface area contributed by atoms with E-state index in [1.807, 2.05) is 19.1 Å². The van der Waals surface area contributed by atoms with E-state index >= 15 is 0 Å². The van der Waals surface area contributed by atoms with Crippen molar-refractivity contribution in [3.63, 3.8) is 0 Å². The van der Waals surface area contributed by atoms with Crippen molar-refractivity contribution < 1.29 is 27.4 Å². The van der Waals surface area contributed by atoms with Crippen LogP contribution in [-0.4, -0.2) is 34.6 Å². The molecule has 0 saturated carbocycles. The first-order valence-corrected chi connectivity index (χ1v) is 11.6. The number of hydrogen-bond acceptors (Lipinski definition) is 6. The van der Waals surface area contributed by atoms with Gasteiger partial charge in [-0.1, -0.05) is 17.7 Å². The molecule has 8 nitrogen and oxygen atoms in total. The van der Waals surface area contributed by atoms with E-state index in [9.17, 15) is 13.2 Å². The van der Waals surface area contributed by atoms with Crippen molar-refractivity contribution in [2.24, 2.45) is 0 Å². The van der Waals surface area contributed by atoms with Crippen LogP contribution in [0.15, 0.2) is 71.6 Å². The number of carbonyl (C=O) groups excluding carboxylic acids is 1. The molecule has 1 amide bonds. The molecule has 33 heavy (non-hydrogen) atoms. The average Bonchev–Trinajstić information content (AvgIpc) is 2.81. The average molecular weight is 471 g/mol. The van der Waals surface area contributed by atoms with Crippen LogP contribution in [0.1, 0.15) is 12.5 Å². The molecule has 3 aromatic carbocycles. The summed E-state index contributed by atoms with van der Waals surface area (Å²) in [7, 11) is -0.933. The summed E-state index contributed by atoms with van der Waals surface area (Å²) in [5, 5.41) is 2.72. The molecule has 0 fully saturated rings. The van der Waals surface area contributed by atoms with Crippen molar-refractivity contribution in [2.75, 3.05) is 24.3 Å². The van der Waals surface area contributed by atoms with Crippen molar-refractivity contribution in [1.82, 2.24) is 0 Å². The lowest BCUT2D eigenvalue weighted by Crippen LogP contribution is -2.30. The number of methoxy groups -OCH3 is 2. The highest BCUT2D eigenvalue weighted by Crippen LogP contribution is 2.31. The maximum absolute atomic E-state index is 12.8. The zero-order valence-electron chi connectivity index (χ0n) is 18.8. The van der Waals surface area contributed by atoms with Crippen LogP contribution in [0.2, 0.25) is 0 Å². The van der Waals surface area contributed by atoms with Crippen LogP contribution in [0.5, 0.6) is 17.2 Å². The molecule has 0 heterocycles. The van der Waals surface area contributed by atoms with Crippen molar-refractivity contribution >= 4 is 27.3 Å². The summed E-state index contributed by atoms with van der Waals surface area (Å²) in [4.78, 5) is 12.5. The van der Waals surface area contributed by atoms with E-state index in [4.69, 9.17) is 14.2 Å². The van der Waals surface area contributed by atoms with Crippen LogP contribution in [-0.2, 0) is 14.8 Å². The van der Waals surface area contributed by atoms with E-state index in [2.05, 4.69) is 10.0 Å². The minimum Gasteiger partial charge on any atom is -0.497 e. The molecule has 1 atom stereocenters. The largest absolute Gasteiger partial charge is 0.497 e. The van der Waals surface area contributed by atoms with Crippen LogP contribution < -0.4 is 24.2 Å². The van der Waals surface area contributed by atoms with Crippen molar-refractivity contribution in [3.8, 4) is 17.2 Å². The number of carbonyl (C=O) groups is 1. The van der Waals surface area contributed by atoms with Crippen molar-refractivity contribution in [3.05, 3.63) is 72.3 Å². The first kappa shape index (κ1) is 23.9. The van der Waals surface area contributed by atoms with Gasteiger partial charge in [0, 0.05) is 11.8 Å². The lowest BCUT2D eigenvalue weighted by Gasteiger charge is -2.15. The highest BCUT2D eigenvalue weighted by atomic mass is 32.2. The Morgan fingerprint density at radius 3 is 2.12 bits per heavy atom. The molecule has 0 unspecified atom stereocenters. The molecule has 0 aliphatic rings. The molecular formula is C24H26N2O6S.